The van der Waals surface area contributed by atoms with Crippen LogP contribution >= 0.6 is 27.5 Å². The standard InChI is InChI=1S/C13H20BrClN2/c1-2-3-4-5-6-13(17-16)10-7-8-12(15)11(14)9-10/h7-9,13,17H,2-6,16H2,1H3. The van der Waals surface area contributed by atoms with E-state index in [2.05, 4.69) is 28.3 Å². The van der Waals surface area contributed by atoms with Crippen LogP contribution in [0.1, 0.15) is 50.6 Å². The van der Waals surface area contributed by atoms with Crippen molar-refractivity contribution in [3.05, 3.63) is 33.3 Å². The van der Waals surface area contributed by atoms with E-state index >= 15 is 0 Å². The number of nitrogens with one attached hydrogen (secondary N) is 1. The number of benzene rings is 1. The number of halogens is 2. The van der Waals surface area contributed by atoms with Crippen molar-refractivity contribution in [2.75, 3.05) is 0 Å². The fourth-order valence-corrected chi connectivity index (χ4v) is 2.36. The quantitative estimate of drug-likeness (QED) is 0.438. The molecule has 1 rings (SSSR count). The smallest absolute Gasteiger partial charge is 0.0548 e. The molecule has 0 aromatic heterocycles. The Hall–Kier alpha value is -0.0900. The van der Waals surface area contributed by atoms with Gasteiger partial charge in [-0.3, -0.25) is 11.3 Å². The third-order valence-corrected chi connectivity index (χ3v) is 4.11. The van der Waals surface area contributed by atoms with Crippen LogP contribution in [-0.2, 0) is 0 Å². The highest BCUT2D eigenvalue weighted by atomic mass is 79.9. The highest BCUT2D eigenvalue weighted by Crippen LogP contribution is 2.27. The molecule has 0 heterocycles. The predicted octanol–water partition coefficient (Wildman–Crippen LogP) is 4.58. The highest BCUT2D eigenvalue weighted by Gasteiger charge is 2.10. The molecular formula is C13H20BrClN2. The van der Waals surface area contributed by atoms with Gasteiger partial charge >= 0.3 is 0 Å². The monoisotopic (exact) mass is 318 g/mol. The number of rotatable bonds is 7. The molecule has 3 N–H and O–H groups in total. The second-order valence-electron chi connectivity index (χ2n) is 4.24. The van der Waals surface area contributed by atoms with Gasteiger partial charge in [0.25, 0.3) is 0 Å². The molecule has 0 aliphatic rings. The van der Waals surface area contributed by atoms with E-state index in [-0.39, 0.29) is 6.04 Å². The van der Waals surface area contributed by atoms with Crippen LogP contribution < -0.4 is 11.3 Å². The van der Waals surface area contributed by atoms with Crippen LogP contribution in [0.4, 0.5) is 0 Å². The maximum atomic E-state index is 5.98. The fraction of sp³-hybridized carbons (Fsp3) is 0.538. The highest BCUT2D eigenvalue weighted by molar-refractivity contribution is 9.10. The van der Waals surface area contributed by atoms with Gasteiger partial charge < -0.3 is 0 Å². The first-order valence-corrected chi connectivity index (χ1v) is 7.27. The third-order valence-electron chi connectivity index (χ3n) is 2.89. The van der Waals surface area contributed by atoms with Crippen molar-refractivity contribution in [2.24, 2.45) is 5.84 Å². The third kappa shape index (κ3) is 4.96. The number of unbranched alkanes of at least 4 members (excludes halogenated alkanes) is 3. The molecule has 0 saturated heterocycles. The van der Waals surface area contributed by atoms with Crippen molar-refractivity contribution >= 4 is 27.5 Å². The summed E-state index contributed by atoms with van der Waals surface area (Å²) in [6.07, 6.45) is 6.08. The molecule has 2 nitrogen and oxygen atoms in total. The van der Waals surface area contributed by atoms with Crippen LogP contribution in [0.3, 0.4) is 0 Å². The minimum atomic E-state index is 0.209. The van der Waals surface area contributed by atoms with Crippen LogP contribution in [0.5, 0.6) is 0 Å². The van der Waals surface area contributed by atoms with E-state index in [1.54, 1.807) is 0 Å². The molecule has 0 fully saturated rings. The molecule has 1 aromatic carbocycles. The number of hydrogen-bond acceptors (Lipinski definition) is 2. The molecule has 1 aromatic rings. The van der Waals surface area contributed by atoms with Crippen molar-refractivity contribution < 1.29 is 0 Å². The Morgan fingerprint density at radius 1 is 1.35 bits per heavy atom. The van der Waals surface area contributed by atoms with Crippen molar-refractivity contribution in [1.29, 1.82) is 0 Å². The maximum Gasteiger partial charge on any atom is 0.0548 e. The van der Waals surface area contributed by atoms with Gasteiger partial charge in [0.15, 0.2) is 0 Å². The van der Waals surface area contributed by atoms with E-state index in [9.17, 15) is 0 Å². The molecule has 0 aliphatic carbocycles. The van der Waals surface area contributed by atoms with Crippen molar-refractivity contribution in [1.82, 2.24) is 5.43 Å². The first kappa shape index (κ1) is 15.0. The van der Waals surface area contributed by atoms with Gasteiger partial charge in [0.1, 0.15) is 0 Å². The zero-order chi connectivity index (χ0) is 12.7. The Morgan fingerprint density at radius 2 is 2.12 bits per heavy atom. The summed E-state index contributed by atoms with van der Waals surface area (Å²) in [4.78, 5) is 0. The molecule has 0 saturated carbocycles. The maximum absolute atomic E-state index is 5.98. The van der Waals surface area contributed by atoms with E-state index in [0.717, 1.165) is 15.9 Å². The molecule has 17 heavy (non-hydrogen) atoms. The zero-order valence-corrected chi connectivity index (χ0v) is 12.5. The summed E-state index contributed by atoms with van der Waals surface area (Å²) in [5, 5.41) is 0.732. The summed E-state index contributed by atoms with van der Waals surface area (Å²) in [7, 11) is 0. The average molecular weight is 320 g/mol. The number of nitrogens with two attached hydrogens (primary N) is 1. The van der Waals surface area contributed by atoms with Gasteiger partial charge in [0.05, 0.1) is 5.02 Å². The Balaban J connectivity index is 2.56. The molecule has 0 spiro atoms. The molecule has 96 valence electrons. The summed E-state index contributed by atoms with van der Waals surface area (Å²) >= 11 is 9.41. The summed E-state index contributed by atoms with van der Waals surface area (Å²) in [5.41, 5.74) is 4.06. The summed E-state index contributed by atoms with van der Waals surface area (Å²) in [6.45, 7) is 2.22. The van der Waals surface area contributed by atoms with E-state index < -0.39 is 0 Å². The molecule has 0 amide bonds. The van der Waals surface area contributed by atoms with E-state index in [0.29, 0.717) is 0 Å². The Morgan fingerprint density at radius 3 is 2.71 bits per heavy atom. The SMILES string of the molecule is CCCCCCC(NN)c1ccc(Cl)c(Br)c1. The fourth-order valence-electron chi connectivity index (χ4n) is 1.85. The molecule has 1 atom stereocenters. The lowest BCUT2D eigenvalue weighted by atomic mass is 10.0. The van der Waals surface area contributed by atoms with Crippen LogP contribution in [0, 0.1) is 0 Å². The van der Waals surface area contributed by atoms with Crippen LogP contribution in [0.15, 0.2) is 22.7 Å². The molecule has 1 unspecified atom stereocenters. The van der Waals surface area contributed by atoms with Crippen LogP contribution in [0.25, 0.3) is 0 Å². The van der Waals surface area contributed by atoms with Gasteiger partial charge in [-0.25, -0.2) is 0 Å². The lowest BCUT2D eigenvalue weighted by Gasteiger charge is -2.16. The Bertz CT molecular complexity index is 344. The second kappa shape index (κ2) is 8.09. The number of hydrogen-bond donors (Lipinski definition) is 2. The Kier molecular flexibility index (Phi) is 7.12. The van der Waals surface area contributed by atoms with Gasteiger partial charge in [0.2, 0.25) is 0 Å². The molecule has 0 radical (unpaired) electrons. The lowest BCUT2D eigenvalue weighted by molar-refractivity contribution is 0.482. The summed E-state index contributed by atoms with van der Waals surface area (Å²) in [5.74, 6) is 5.61. The zero-order valence-electron chi connectivity index (χ0n) is 10.2. The van der Waals surface area contributed by atoms with Crippen molar-refractivity contribution in [3.8, 4) is 0 Å². The second-order valence-corrected chi connectivity index (χ2v) is 5.50. The largest absolute Gasteiger partial charge is 0.271 e. The Labute approximate surface area is 117 Å². The van der Waals surface area contributed by atoms with Gasteiger partial charge in [-0.15, -0.1) is 0 Å². The lowest BCUT2D eigenvalue weighted by Crippen LogP contribution is -2.28. The normalized spacial score (nSPS) is 12.7. The van der Waals surface area contributed by atoms with Gasteiger partial charge in [-0.05, 0) is 40.0 Å². The summed E-state index contributed by atoms with van der Waals surface area (Å²) < 4.78 is 0.922. The van der Waals surface area contributed by atoms with E-state index in [4.69, 9.17) is 17.4 Å². The van der Waals surface area contributed by atoms with Gasteiger partial charge in [-0.1, -0.05) is 50.3 Å². The van der Waals surface area contributed by atoms with Gasteiger partial charge in [0, 0.05) is 10.5 Å². The minimum absolute atomic E-state index is 0.209. The molecular weight excluding hydrogens is 300 g/mol. The van der Waals surface area contributed by atoms with E-state index in [1.807, 2.05) is 18.2 Å². The summed E-state index contributed by atoms with van der Waals surface area (Å²) in [6, 6.07) is 6.17. The first-order chi connectivity index (χ1) is 8.19. The van der Waals surface area contributed by atoms with Crippen LogP contribution in [-0.4, -0.2) is 0 Å². The topological polar surface area (TPSA) is 38.0 Å². The predicted molar refractivity (Wildman–Crippen MR) is 78.0 cm³/mol. The molecule has 4 heteroatoms. The van der Waals surface area contributed by atoms with Gasteiger partial charge in [-0.2, -0.15) is 0 Å². The van der Waals surface area contributed by atoms with E-state index in [1.165, 1.54) is 31.2 Å². The molecule has 0 bridgehead atoms. The van der Waals surface area contributed by atoms with Crippen molar-refractivity contribution in [3.63, 3.8) is 0 Å². The van der Waals surface area contributed by atoms with Crippen LogP contribution in [0.2, 0.25) is 5.02 Å². The minimum Gasteiger partial charge on any atom is -0.271 e. The van der Waals surface area contributed by atoms with Crippen molar-refractivity contribution in [2.45, 2.75) is 45.1 Å². The number of hydrazine groups is 1. The average Bonchev–Trinajstić information content (AvgIpc) is 2.33. The first-order valence-electron chi connectivity index (χ1n) is 6.10. The molecule has 0 aliphatic heterocycles.